The van der Waals surface area contributed by atoms with Crippen molar-refractivity contribution < 1.29 is 4.79 Å². The summed E-state index contributed by atoms with van der Waals surface area (Å²) in [4.78, 5) is 14.6. The van der Waals surface area contributed by atoms with E-state index < -0.39 is 6.04 Å². The zero-order valence-electron chi connectivity index (χ0n) is 12.0. The molecule has 1 aromatic carbocycles. The Morgan fingerprint density at radius 2 is 1.89 bits per heavy atom. The number of carbonyl (C=O) groups is 1. The number of hydrogen-bond donors (Lipinski definition) is 1. The van der Waals surface area contributed by atoms with Crippen LogP contribution in [0.3, 0.4) is 0 Å². The molecule has 19 heavy (non-hydrogen) atoms. The average molecular weight is 260 g/mol. The number of hydrogen-bond acceptors (Lipinski definition) is 2. The normalized spacial score (nSPS) is 29.1. The Morgan fingerprint density at radius 3 is 2.53 bits per heavy atom. The zero-order valence-corrected chi connectivity index (χ0v) is 12.0. The van der Waals surface area contributed by atoms with Crippen LogP contribution in [0.15, 0.2) is 30.3 Å². The molecule has 1 fully saturated rings. The number of nitrogens with zero attached hydrogens (tertiary/aromatic N) is 1. The van der Waals surface area contributed by atoms with Crippen LogP contribution in [-0.4, -0.2) is 23.4 Å². The Balaban J connectivity index is 2.14. The van der Waals surface area contributed by atoms with Crippen LogP contribution in [0.1, 0.15) is 38.8 Å². The van der Waals surface area contributed by atoms with E-state index in [1.807, 2.05) is 35.2 Å². The van der Waals surface area contributed by atoms with Crippen LogP contribution < -0.4 is 5.73 Å². The Hall–Kier alpha value is -1.35. The maximum absolute atomic E-state index is 12.6. The molecule has 104 valence electrons. The number of rotatable bonds is 2. The van der Waals surface area contributed by atoms with E-state index in [-0.39, 0.29) is 11.9 Å². The number of likely N-dealkylation sites (tertiary alicyclic amines) is 1. The molecular weight excluding hydrogens is 236 g/mol. The molecule has 1 aromatic rings. The third kappa shape index (κ3) is 2.98. The van der Waals surface area contributed by atoms with E-state index in [1.54, 1.807) is 0 Å². The van der Waals surface area contributed by atoms with E-state index in [0.717, 1.165) is 12.1 Å². The largest absolute Gasteiger partial charge is 0.338 e. The van der Waals surface area contributed by atoms with Crippen molar-refractivity contribution in [1.29, 1.82) is 0 Å². The van der Waals surface area contributed by atoms with Crippen molar-refractivity contribution in [2.24, 2.45) is 17.6 Å². The van der Waals surface area contributed by atoms with Crippen LogP contribution in [0.25, 0.3) is 0 Å². The fourth-order valence-electron chi connectivity index (χ4n) is 2.99. The molecule has 0 spiro atoms. The first-order chi connectivity index (χ1) is 9.00. The molecule has 2 N–H and O–H groups in total. The summed E-state index contributed by atoms with van der Waals surface area (Å²) in [6.07, 6.45) is 1.19. The van der Waals surface area contributed by atoms with Gasteiger partial charge in [0, 0.05) is 12.6 Å². The van der Waals surface area contributed by atoms with Gasteiger partial charge >= 0.3 is 0 Å². The first kappa shape index (κ1) is 14.1. The molecular formula is C16H24N2O. The van der Waals surface area contributed by atoms with Crippen LogP contribution in [0.2, 0.25) is 0 Å². The van der Waals surface area contributed by atoms with Crippen molar-refractivity contribution >= 4 is 5.91 Å². The summed E-state index contributed by atoms with van der Waals surface area (Å²) in [7, 11) is 0. The van der Waals surface area contributed by atoms with E-state index in [4.69, 9.17) is 5.73 Å². The van der Waals surface area contributed by atoms with Crippen molar-refractivity contribution in [3.8, 4) is 0 Å². The molecule has 0 saturated carbocycles. The molecule has 1 amide bonds. The zero-order chi connectivity index (χ0) is 14.0. The fourth-order valence-corrected chi connectivity index (χ4v) is 2.99. The van der Waals surface area contributed by atoms with E-state index in [2.05, 4.69) is 20.8 Å². The number of piperidine rings is 1. The Kier molecular flexibility index (Phi) is 4.25. The van der Waals surface area contributed by atoms with Gasteiger partial charge in [-0.2, -0.15) is 0 Å². The molecule has 4 atom stereocenters. The summed E-state index contributed by atoms with van der Waals surface area (Å²) < 4.78 is 0. The van der Waals surface area contributed by atoms with Crippen molar-refractivity contribution in [3.05, 3.63) is 35.9 Å². The Morgan fingerprint density at radius 1 is 1.26 bits per heavy atom. The second kappa shape index (κ2) is 5.74. The quantitative estimate of drug-likeness (QED) is 0.888. The minimum atomic E-state index is -0.541. The second-order valence-electron chi connectivity index (χ2n) is 5.94. The SMILES string of the molecule is CC1CC(C)C(C)N(C(=O)[C@H](N)c2ccccc2)C1. The van der Waals surface area contributed by atoms with E-state index in [9.17, 15) is 4.79 Å². The average Bonchev–Trinajstić information content (AvgIpc) is 2.42. The summed E-state index contributed by atoms with van der Waals surface area (Å²) in [5.74, 6) is 1.14. The fraction of sp³-hybridized carbons (Fsp3) is 0.562. The highest BCUT2D eigenvalue weighted by Gasteiger charge is 2.34. The Labute approximate surface area is 115 Å². The molecule has 1 aliphatic heterocycles. The molecule has 3 unspecified atom stereocenters. The lowest BCUT2D eigenvalue weighted by Gasteiger charge is -2.42. The first-order valence-corrected chi connectivity index (χ1v) is 7.11. The van der Waals surface area contributed by atoms with Crippen molar-refractivity contribution in [2.45, 2.75) is 39.3 Å². The van der Waals surface area contributed by atoms with Gasteiger partial charge in [0.15, 0.2) is 0 Å². The predicted octanol–water partition coefficient (Wildman–Crippen LogP) is 2.58. The molecule has 3 nitrogen and oxygen atoms in total. The number of carbonyl (C=O) groups excluding carboxylic acids is 1. The van der Waals surface area contributed by atoms with Gasteiger partial charge in [-0.25, -0.2) is 0 Å². The number of benzene rings is 1. The number of amides is 1. The van der Waals surface area contributed by atoms with E-state index in [1.165, 1.54) is 6.42 Å². The maximum atomic E-state index is 12.6. The number of nitrogens with two attached hydrogens (primary N) is 1. The highest BCUT2D eigenvalue weighted by molar-refractivity contribution is 5.83. The summed E-state index contributed by atoms with van der Waals surface area (Å²) in [5, 5.41) is 0. The molecule has 3 heteroatoms. The van der Waals surface area contributed by atoms with Gasteiger partial charge in [-0.05, 0) is 30.7 Å². The molecule has 0 aliphatic carbocycles. The van der Waals surface area contributed by atoms with Crippen molar-refractivity contribution in [2.75, 3.05) is 6.54 Å². The lowest BCUT2D eigenvalue weighted by Crippen LogP contribution is -2.51. The Bertz CT molecular complexity index is 432. The second-order valence-corrected chi connectivity index (χ2v) is 5.94. The van der Waals surface area contributed by atoms with Gasteiger partial charge in [0.25, 0.3) is 0 Å². The summed E-state index contributed by atoms with van der Waals surface area (Å²) in [5.41, 5.74) is 7.03. The lowest BCUT2D eigenvalue weighted by atomic mass is 9.85. The maximum Gasteiger partial charge on any atom is 0.244 e. The minimum absolute atomic E-state index is 0.0529. The molecule has 1 heterocycles. The highest BCUT2D eigenvalue weighted by atomic mass is 16.2. The highest BCUT2D eigenvalue weighted by Crippen LogP contribution is 2.28. The molecule has 0 radical (unpaired) electrons. The van der Waals surface area contributed by atoms with Gasteiger partial charge in [-0.15, -0.1) is 0 Å². The summed E-state index contributed by atoms with van der Waals surface area (Å²) >= 11 is 0. The van der Waals surface area contributed by atoms with Gasteiger partial charge in [0.05, 0.1) is 0 Å². The third-order valence-electron chi connectivity index (χ3n) is 4.31. The summed E-state index contributed by atoms with van der Waals surface area (Å²) in [6, 6.07) is 9.36. The molecule has 0 aromatic heterocycles. The van der Waals surface area contributed by atoms with Crippen LogP contribution >= 0.6 is 0 Å². The molecule has 1 aliphatic rings. The molecule has 1 saturated heterocycles. The lowest BCUT2D eigenvalue weighted by molar-refractivity contribution is -0.138. The van der Waals surface area contributed by atoms with E-state index in [0.29, 0.717) is 11.8 Å². The van der Waals surface area contributed by atoms with Crippen molar-refractivity contribution in [3.63, 3.8) is 0 Å². The van der Waals surface area contributed by atoms with Gasteiger partial charge < -0.3 is 10.6 Å². The van der Waals surface area contributed by atoms with Crippen LogP contribution in [0.5, 0.6) is 0 Å². The van der Waals surface area contributed by atoms with Gasteiger partial charge in [0.2, 0.25) is 5.91 Å². The monoisotopic (exact) mass is 260 g/mol. The van der Waals surface area contributed by atoms with Crippen molar-refractivity contribution in [1.82, 2.24) is 4.90 Å². The predicted molar refractivity (Wildman–Crippen MR) is 77.5 cm³/mol. The van der Waals surface area contributed by atoms with Crippen LogP contribution in [-0.2, 0) is 4.79 Å². The van der Waals surface area contributed by atoms with Crippen LogP contribution in [0.4, 0.5) is 0 Å². The first-order valence-electron chi connectivity index (χ1n) is 7.11. The molecule has 0 bridgehead atoms. The molecule has 2 rings (SSSR count). The van der Waals surface area contributed by atoms with Crippen LogP contribution in [0, 0.1) is 11.8 Å². The smallest absolute Gasteiger partial charge is 0.244 e. The summed E-state index contributed by atoms with van der Waals surface area (Å²) in [6.45, 7) is 7.38. The minimum Gasteiger partial charge on any atom is -0.338 e. The van der Waals surface area contributed by atoms with E-state index >= 15 is 0 Å². The topological polar surface area (TPSA) is 46.3 Å². The van der Waals surface area contributed by atoms with Gasteiger partial charge in [0.1, 0.15) is 6.04 Å². The van der Waals surface area contributed by atoms with Gasteiger partial charge in [-0.1, -0.05) is 44.2 Å². The third-order valence-corrected chi connectivity index (χ3v) is 4.31. The standard InChI is InChI=1S/C16H24N2O/c1-11-9-12(2)13(3)18(10-11)16(19)15(17)14-7-5-4-6-8-14/h4-8,11-13,15H,9-10,17H2,1-3H3/t11?,12?,13?,15-/m1/s1. The van der Waals surface area contributed by atoms with Gasteiger partial charge in [-0.3, -0.25) is 4.79 Å².